The first kappa shape index (κ1) is 9.51. The number of hydrogen-bond donors (Lipinski definition) is 0. The highest BCUT2D eigenvalue weighted by Gasteiger charge is 2.35. The Balaban J connectivity index is 2.54. The molecule has 1 unspecified atom stereocenters. The minimum absolute atomic E-state index is 0.324. The summed E-state index contributed by atoms with van der Waals surface area (Å²) < 4.78 is 0. The van der Waals surface area contributed by atoms with Gasteiger partial charge in [-0.2, -0.15) is 0 Å². The molecule has 15 heavy (non-hydrogen) atoms. The van der Waals surface area contributed by atoms with Crippen LogP contribution in [0.3, 0.4) is 0 Å². The van der Waals surface area contributed by atoms with Gasteiger partial charge in [0.15, 0.2) is 0 Å². The smallest absolute Gasteiger partial charge is 0.267 e. The lowest BCUT2D eigenvalue weighted by atomic mass is 9.87. The van der Waals surface area contributed by atoms with Crippen LogP contribution in [-0.2, 0) is 4.79 Å². The van der Waals surface area contributed by atoms with Crippen LogP contribution in [0.5, 0.6) is 0 Å². The summed E-state index contributed by atoms with van der Waals surface area (Å²) in [6.07, 6.45) is 6.01. The number of carbonyl (C=O) groups excluding carboxylic acids is 1. The predicted molar refractivity (Wildman–Crippen MR) is 54.2 cm³/mol. The van der Waals surface area contributed by atoms with E-state index in [1.165, 1.54) is 12.3 Å². The normalized spacial score (nSPS) is 23.9. The molecule has 5 nitrogen and oxygen atoms in total. The lowest BCUT2D eigenvalue weighted by Crippen LogP contribution is -2.29. The Morgan fingerprint density at radius 3 is 2.80 bits per heavy atom. The van der Waals surface area contributed by atoms with Crippen molar-refractivity contribution in [3.05, 3.63) is 45.1 Å². The van der Waals surface area contributed by atoms with Crippen LogP contribution in [0.25, 0.3) is 0 Å². The molecule has 1 amide bonds. The zero-order valence-corrected chi connectivity index (χ0v) is 8.01. The minimum atomic E-state index is -0.916. The third-order valence-electron chi connectivity index (χ3n) is 2.44. The standard InChI is InChI=1S/C10H8N2O3/c1-6-2-3-8-7(9(6)12(14)15)4-5-11-10(8)13/h2-5,9H,1H3. The number of rotatable bonds is 1. The van der Waals surface area contributed by atoms with Crippen molar-refractivity contribution >= 4 is 12.1 Å². The fourth-order valence-electron chi connectivity index (χ4n) is 1.71. The van der Waals surface area contributed by atoms with E-state index >= 15 is 0 Å². The van der Waals surface area contributed by atoms with E-state index in [2.05, 4.69) is 4.99 Å². The highest BCUT2D eigenvalue weighted by molar-refractivity contribution is 6.08. The van der Waals surface area contributed by atoms with Crippen LogP contribution in [0.2, 0.25) is 0 Å². The molecule has 0 saturated heterocycles. The number of hydrogen-bond acceptors (Lipinski definition) is 3. The van der Waals surface area contributed by atoms with Crippen molar-refractivity contribution in [3.8, 4) is 0 Å². The zero-order chi connectivity index (χ0) is 11.0. The van der Waals surface area contributed by atoms with Crippen LogP contribution in [0.15, 0.2) is 39.9 Å². The van der Waals surface area contributed by atoms with Crippen molar-refractivity contribution in [1.29, 1.82) is 0 Å². The third-order valence-corrected chi connectivity index (χ3v) is 2.44. The van der Waals surface area contributed by atoms with Crippen molar-refractivity contribution in [2.45, 2.75) is 13.0 Å². The summed E-state index contributed by atoms with van der Waals surface area (Å²) in [6, 6.07) is -0.916. The third kappa shape index (κ3) is 1.41. The SMILES string of the molecule is CC1=CC=C2C(=O)N=CC=C2C1[N+](=O)[O-]. The Labute approximate surface area is 85.7 Å². The molecule has 2 rings (SSSR count). The van der Waals surface area contributed by atoms with Crippen LogP contribution in [-0.4, -0.2) is 23.1 Å². The summed E-state index contributed by atoms with van der Waals surface area (Å²) in [5.74, 6) is -0.414. The molecule has 0 N–H and O–H groups in total. The lowest BCUT2D eigenvalue weighted by Gasteiger charge is -2.19. The molecular weight excluding hydrogens is 196 g/mol. The number of nitro groups is 1. The Bertz CT molecular complexity index is 469. The van der Waals surface area contributed by atoms with Gasteiger partial charge in [-0.15, -0.1) is 0 Å². The Morgan fingerprint density at radius 2 is 2.13 bits per heavy atom. The lowest BCUT2D eigenvalue weighted by molar-refractivity contribution is -0.501. The van der Waals surface area contributed by atoms with E-state index in [1.807, 2.05) is 0 Å². The van der Waals surface area contributed by atoms with Crippen molar-refractivity contribution in [2.24, 2.45) is 4.99 Å². The average molecular weight is 204 g/mol. The zero-order valence-electron chi connectivity index (χ0n) is 8.01. The predicted octanol–water partition coefficient (Wildman–Crippen LogP) is 1.06. The van der Waals surface area contributed by atoms with Crippen LogP contribution in [0, 0.1) is 10.1 Å². The number of carbonyl (C=O) groups is 1. The maximum atomic E-state index is 11.3. The molecule has 1 atom stereocenters. The van der Waals surface area contributed by atoms with Gasteiger partial charge in [-0.25, -0.2) is 4.99 Å². The minimum Gasteiger partial charge on any atom is -0.267 e. The number of nitrogens with zero attached hydrogens (tertiary/aromatic N) is 2. The van der Waals surface area contributed by atoms with Crippen molar-refractivity contribution < 1.29 is 9.72 Å². The van der Waals surface area contributed by atoms with Gasteiger partial charge in [0.05, 0.1) is 5.57 Å². The fourth-order valence-corrected chi connectivity index (χ4v) is 1.71. The van der Waals surface area contributed by atoms with Gasteiger partial charge in [0.2, 0.25) is 0 Å². The van der Waals surface area contributed by atoms with Gasteiger partial charge in [0.1, 0.15) is 0 Å². The van der Waals surface area contributed by atoms with E-state index in [0.717, 1.165) is 0 Å². The van der Waals surface area contributed by atoms with Crippen molar-refractivity contribution in [1.82, 2.24) is 0 Å². The van der Waals surface area contributed by atoms with Gasteiger partial charge in [-0.1, -0.05) is 6.08 Å². The van der Waals surface area contributed by atoms with Crippen LogP contribution >= 0.6 is 0 Å². The van der Waals surface area contributed by atoms with E-state index in [1.54, 1.807) is 19.1 Å². The van der Waals surface area contributed by atoms with Crippen molar-refractivity contribution in [3.63, 3.8) is 0 Å². The maximum Gasteiger partial charge on any atom is 0.277 e. The molecule has 0 radical (unpaired) electrons. The van der Waals surface area contributed by atoms with E-state index < -0.39 is 16.9 Å². The largest absolute Gasteiger partial charge is 0.277 e. The fraction of sp³-hybridized carbons (Fsp3) is 0.200. The number of dihydropyridines is 1. The van der Waals surface area contributed by atoms with Gasteiger partial charge in [0.25, 0.3) is 11.9 Å². The van der Waals surface area contributed by atoms with E-state index in [-0.39, 0.29) is 0 Å². The second-order valence-corrected chi connectivity index (χ2v) is 3.38. The molecular formula is C10H8N2O3. The highest BCUT2D eigenvalue weighted by atomic mass is 16.6. The number of aliphatic imine (C=N–C) groups is 1. The van der Waals surface area contributed by atoms with Gasteiger partial charge >= 0.3 is 0 Å². The highest BCUT2D eigenvalue weighted by Crippen LogP contribution is 2.29. The molecule has 5 heteroatoms. The van der Waals surface area contributed by atoms with Gasteiger partial charge < -0.3 is 0 Å². The summed E-state index contributed by atoms with van der Waals surface area (Å²) in [7, 11) is 0. The summed E-state index contributed by atoms with van der Waals surface area (Å²) in [6.45, 7) is 1.68. The number of fused-ring (bicyclic) bond motifs is 1. The molecule has 1 heterocycles. The molecule has 0 aromatic heterocycles. The molecule has 0 saturated carbocycles. The molecule has 1 aliphatic carbocycles. The van der Waals surface area contributed by atoms with Gasteiger partial charge in [0, 0.05) is 22.3 Å². The molecule has 0 bridgehead atoms. The summed E-state index contributed by atoms with van der Waals surface area (Å²) in [4.78, 5) is 25.4. The van der Waals surface area contributed by atoms with E-state index in [9.17, 15) is 14.9 Å². The summed E-state index contributed by atoms with van der Waals surface area (Å²) in [5, 5.41) is 10.9. The van der Waals surface area contributed by atoms with E-state index in [4.69, 9.17) is 0 Å². The van der Waals surface area contributed by atoms with E-state index in [0.29, 0.717) is 16.7 Å². The van der Waals surface area contributed by atoms with Crippen LogP contribution in [0.1, 0.15) is 6.92 Å². The topological polar surface area (TPSA) is 72.6 Å². The average Bonchev–Trinajstić information content (AvgIpc) is 2.17. The first-order valence-corrected chi connectivity index (χ1v) is 4.42. The molecule has 0 aromatic carbocycles. The van der Waals surface area contributed by atoms with Crippen molar-refractivity contribution in [2.75, 3.05) is 0 Å². The van der Waals surface area contributed by atoms with Crippen LogP contribution < -0.4 is 0 Å². The maximum absolute atomic E-state index is 11.3. The second kappa shape index (κ2) is 3.27. The molecule has 76 valence electrons. The van der Waals surface area contributed by atoms with Crippen LogP contribution in [0.4, 0.5) is 0 Å². The first-order chi connectivity index (χ1) is 7.11. The summed E-state index contributed by atoms with van der Waals surface area (Å²) in [5.41, 5.74) is 1.38. The molecule has 1 aliphatic heterocycles. The quantitative estimate of drug-likeness (QED) is 0.473. The second-order valence-electron chi connectivity index (χ2n) is 3.38. The Hall–Kier alpha value is -2.04. The molecule has 2 aliphatic rings. The molecule has 0 aromatic rings. The Kier molecular flexibility index (Phi) is 2.07. The van der Waals surface area contributed by atoms with Gasteiger partial charge in [-0.05, 0) is 19.1 Å². The Morgan fingerprint density at radius 1 is 1.40 bits per heavy atom. The monoisotopic (exact) mass is 204 g/mol. The molecule has 0 spiro atoms. The van der Waals surface area contributed by atoms with Gasteiger partial charge in [-0.3, -0.25) is 14.9 Å². The number of amides is 1. The molecule has 0 fully saturated rings. The number of allylic oxidation sites excluding steroid dienone is 3. The summed E-state index contributed by atoms with van der Waals surface area (Å²) >= 11 is 0. The first-order valence-electron chi connectivity index (χ1n) is 4.42.